The molecule has 24 fully saturated rings. The molecule has 0 aromatic rings. The molecule has 0 aromatic heterocycles. The smallest absolute Gasteiger partial charge is 0.0696 e. The van der Waals surface area contributed by atoms with E-state index in [0.29, 0.717) is 82.9 Å². The second kappa shape index (κ2) is 34.6. The van der Waals surface area contributed by atoms with E-state index in [-0.39, 0.29) is 60.6 Å². The fourth-order valence-corrected chi connectivity index (χ4v) is 44.4. The molecule has 0 aromatic carbocycles. The molecule has 0 spiro atoms. The number of hydrogen-bond donors (Lipinski definition) is 11. The fraction of sp³-hybridized carbons (Fsp3) is 1.00. The van der Waals surface area contributed by atoms with Crippen molar-refractivity contribution in [1.29, 1.82) is 0 Å². The number of hydrogen-bond acceptors (Lipinski definition) is 11. The van der Waals surface area contributed by atoms with Gasteiger partial charge in [-0.25, -0.2) is 0 Å². The van der Waals surface area contributed by atoms with Crippen molar-refractivity contribution in [2.24, 2.45) is 253 Å². The van der Waals surface area contributed by atoms with Crippen molar-refractivity contribution in [1.82, 2.24) is 0 Å². The molecule has 0 amide bonds. The van der Waals surface area contributed by atoms with Crippen molar-refractivity contribution in [2.75, 3.05) is 0 Å². The topological polar surface area (TPSA) is 269 Å². The highest BCUT2D eigenvalue weighted by atomic mass is 16.3. The van der Waals surface area contributed by atoms with Gasteiger partial charge in [0.2, 0.25) is 0 Å². The molecule has 11 heteroatoms. The van der Waals surface area contributed by atoms with Crippen LogP contribution in [0.4, 0.5) is 0 Å². The van der Waals surface area contributed by atoms with Gasteiger partial charge in [0.25, 0.3) is 0 Å². The molecule has 47 atom stereocenters. The maximum absolute atomic E-state index is 10.4. The molecule has 24 aliphatic rings. The Bertz CT molecular complexity index is 3350. The summed E-state index contributed by atoms with van der Waals surface area (Å²) in [5, 5.41) is 30.8. The zero-order valence-electron chi connectivity index (χ0n) is 83.1. The molecule has 125 heavy (non-hydrogen) atoms. The van der Waals surface area contributed by atoms with Crippen LogP contribution in [0.3, 0.4) is 0 Å². The molecule has 0 radical (unpaired) electrons. The predicted octanol–water partition coefficient (Wildman–Crippen LogP) is 23.3. The number of rotatable bonds is 0. The largest absolute Gasteiger partial charge is 0.392 e. The molecule has 0 bridgehead atoms. The van der Waals surface area contributed by atoms with Crippen LogP contribution in [0, 0.1) is 207 Å². The average Bonchev–Trinajstić information content (AvgIpc) is 1.74. The quantitative estimate of drug-likeness (QED) is 0.109. The average molecular weight is 1730 g/mol. The van der Waals surface area contributed by atoms with E-state index in [1.807, 2.05) is 0 Å². The Morgan fingerprint density at radius 2 is 0.472 bits per heavy atom. The van der Waals surface area contributed by atoms with E-state index in [2.05, 4.69) is 83.1 Å². The van der Waals surface area contributed by atoms with E-state index in [1.165, 1.54) is 315 Å². The summed E-state index contributed by atoms with van der Waals surface area (Å²) in [5.41, 5.74) is 57.7. The van der Waals surface area contributed by atoms with E-state index < -0.39 is 0 Å². The molecule has 24 rings (SSSR count). The molecule has 24 saturated carbocycles. The van der Waals surface area contributed by atoms with E-state index >= 15 is 0 Å². The minimum Gasteiger partial charge on any atom is -0.392 e. The number of nitrogens with two attached hydrogens (primary N) is 8. The summed E-state index contributed by atoms with van der Waals surface area (Å²) < 4.78 is 0. The van der Waals surface area contributed by atoms with E-state index in [4.69, 9.17) is 45.9 Å². The van der Waals surface area contributed by atoms with Crippen molar-refractivity contribution in [3.8, 4) is 0 Å². The second-order valence-electron chi connectivity index (χ2n) is 56.3. The number of fused-ring (bicyclic) bond motifs is 30. The van der Waals surface area contributed by atoms with Crippen LogP contribution in [0.25, 0.3) is 0 Å². The van der Waals surface area contributed by atoms with Crippen LogP contribution in [-0.4, -0.2) is 82.0 Å². The van der Waals surface area contributed by atoms with Crippen LogP contribution in [0.5, 0.6) is 0 Å². The maximum atomic E-state index is 10.4. The van der Waals surface area contributed by atoms with Crippen LogP contribution >= 0.6 is 0 Å². The van der Waals surface area contributed by atoms with Gasteiger partial charge in [0.15, 0.2) is 0 Å². The van der Waals surface area contributed by atoms with Gasteiger partial charge in [-0.2, -0.15) is 0 Å². The van der Waals surface area contributed by atoms with Gasteiger partial charge in [-0.15, -0.1) is 0 Å². The van der Waals surface area contributed by atoms with Gasteiger partial charge in [-0.1, -0.05) is 128 Å². The summed E-state index contributed by atoms with van der Waals surface area (Å²) >= 11 is 0. The van der Waals surface area contributed by atoms with Gasteiger partial charge < -0.3 is 61.2 Å². The predicted molar refractivity (Wildman–Crippen MR) is 517 cm³/mol. The Hall–Kier alpha value is -0.440. The molecular weight excluding hydrogens is 1530 g/mol. The van der Waals surface area contributed by atoms with E-state index in [9.17, 15) is 15.3 Å². The monoisotopic (exact) mass is 1730 g/mol. The zero-order chi connectivity index (χ0) is 88.1. The Labute approximate surface area is 766 Å². The van der Waals surface area contributed by atoms with Gasteiger partial charge in [-0.3, -0.25) is 0 Å². The van der Waals surface area contributed by atoms with Crippen LogP contribution < -0.4 is 45.9 Å². The lowest BCUT2D eigenvalue weighted by molar-refractivity contribution is -0.129. The van der Waals surface area contributed by atoms with Crippen LogP contribution in [0.15, 0.2) is 0 Å². The van der Waals surface area contributed by atoms with E-state index in [1.54, 1.807) is 0 Å². The molecule has 0 aliphatic heterocycles. The molecule has 19 N–H and O–H groups in total. The lowest BCUT2D eigenvalue weighted by Gasteiger charge is -2.61. The van der Waals surface area contributed by atoms with Crippen molar-refractivity contribution >= 4 is 0 Å². The minimum atomic E-state index is -0.262. The summed E-state index contributed by atoms with van der Waals surface area (Å²) in [7, 11) is 0. The number of aliphatic hydroxyl groups excluding tert-OH is 3. The summed E-state index contributed by atoms with van der Waals surface area (Å²) in [5.74, 6) is 21.8. The number of aliphatic hydroxyl groups is 3. The first-order chi connectivity index (χ1) is 59.3. The normalized spacial score (nSPS) is 59.8. The minimum absolute atomic E-state index is 0.0156. The highest BCUT2D eigenvalue weighted by Gasteiger charge is 2.67. The van der Waals surface area contributed by atoms with Gasteiger partial charge in [0.1, 0.15) is 0 Å². The Morgan fingerprint density at radius 1 is 0.176 bits per heavy atom. The molecule has 24 aliphatic carbocycles. The van der Waals surface area contributed by atoms with Gasteiger partial charge >= 0.3 is 0 Å². The standard InChI is InChI=1S/2C19H34N2.3C19H33NO.C19H33N/c1-18-9-3-4-13(18)12-5-6-15-17(21)16(20)8-11-19(15,2)14(12)7-10-18;1-18-8-3-4-14(18)13-6-5-12-10-16(20)17(21)11-19(12,2)15(13)7-9-18;1-18-9-3-4-13(18)12-5-6-15-17(20)16(21)8-11-19(15,2)14(12)7-10-18;1-18-8-3-4-14(18)13-6-5-12-10-17(21)16(20)11-19(12,2)15(13)7-9-18;1-18-8-3-4-14(18)13-6-5-12-10-16(20)17(21)11-19(12,2)15(13)7-9-18;1-18-10-3-5-14(18)13-7-8-16-17(20)6-4-11-19(16,2)15(13)9-12-18/h2*12-17H,3-11,20-21H2,1-2H3;3*12-17,21H,3-11,20H2,1-2H3;13-17H,3-12,20H2,1-2H3/t12-,13-,14-,15-,16?,17?,18-,19+;12-,13-,14-,15-,16?,17?,18-,19-;12-,13-,14-,15-,16?,17?,18-,19+;2*12-,13-,14-,15-,16?,17?,18-,19-;13-,14-,15-,16-,17?,18-,19+/m000000/s1. The van der Waals surface area contributed by atoms with Gasteiger partial charge in [0, 0.05) is 48.3 Å². The summed E-state index contributed by atoms with van der Waals surface area (Å²) in [4.78, 5) is 0. The molecule has 0 saturated heterocycles. The zero-order valence-corrected chi connectivity index (χ0v) is 83.1. The molecule has 11 nitrogen and oxygen atoms in total. The van der Waals surface area contributed by atoms with Crippen LogP contribution in [0.1, 0.15) is 436 Å². The summed E-state index contributed by atoms with van der Waals surface area (Å²) in [6, 6.07) is 1.57. The molecule has 11 unspecified atom stereocenters. The summed E-state index contributed by atoms with van der Waals surface area (Å²) in [6.07, 6.45) is 75.4. The third kappa shape index (κ3) is 15.7. The SMILES string of the molecule is C[C@@]12CCC[C@H]1[C@@H]1CC[C@H]3C(N)C(N)CC[C@]3(C)[C@H]1CC2.C[C@@]12CCC[C@H]1[C@@H]1CC[C@H]3C(N)C(O)CC[C@]3(C)[C@H]1CC2.C[C@@]12CCC[C@H]1[C@@H]1CC[C@H]3C(N)CCC[C@]3(C)[C@H]1CC2.C[C@@]12CCC[C@H]1[C@@H]1CC[C@H]3CC(N)C(N)C[C@]3(C)[C@H]1CC2.C[C@@]12CCC[C@H]1[C@@H]1CC[C@H]3CC(N)C(O)C[C@]3(C)[C@H]1CC2.C[C@@]12CCC[C@H]1[C@@H]1CC[C@H]3CC(O)C(N)C[C@]3(C)[C@H]1CC2. The first-order valence-corrected chi connectivity index (χ1v) is 56.4. The Balaban J connectivity index is 0.0000000982. The lowest BCUT2D eigenvalue weighted by Crippen LogP contribution is -2.62. The first kappa shape index (κ1) is 93.6. The highest BCUT2D eigenvalue weighted by Crippen LogP contribution is 2.74. The van der Waals surface area contributed by atoms with E-state index in [0.717, 1.165) is 169 Å². The van der Waals surface area contributed by atoms with Crippen LogP contribution in [0.2, 0.25) is 0 Å². The van der Waals surface area contributed by atoms with Crippen LogP contribution in [-0.2, 0) is 0 Å². The molecule has 714 valence electrons. The van der Waals surface area contributed by atoms with Gasteiger partial charge in [-0.05, 0) is 515 Å². The Morgan fingerprint density at radius 3 is 0.856 bits per heavy atom. The third-order valence-corrected chi connectivity index (χ3v) is 51.5. The maximum Gasteiger partial charge on any atom is 0.0696 e. The second-order valence-corrected chi connectivity index (χ2v) is 56.3. The molecule has 0 heterocycles. The highest BCUT2D eigenvalue weighted by molar-refractivity contribution is 5.18. The summed E-state index contributed by atoms with van der Waals surface area (Å²) in [6.45, 7) is 30.9. The van der Waals surface area contributed by atoms with Crippen molar-refractivity contribution in [3.05, 3.63) is 0 Å². The third-order valence-electron chi connectivity index (χ3n) is 51.5. The first-order valence-electron chi connectivity index (χ1n) is 56.4. The molecular formula is C114H200N8O3. The fourth-order valence-electron chi connectivity index (χ4n) is 44.4. The van der Waals surface area contributed by atoms with Crippen molar-refractivity contribution in [3.63, 3.8) is 0 Å². The Kier molecular flexibility index (Phi) is 25.9. The van der Waals surface area contributed by atoms with Crippen molar-refractivity contribution < 1.29 is 15.3 Å². The van der Waals surface area contributed by atoms with Crippen molar-refractivity contribution in [2.45, 2.75) is 503 Å². The lowest BCUT2D eigenvalue weighted by atomic mass is 9.44. The van der Waals surface area contributed by atoms with Gasteiger partial charge in [0.05, 0.1) is 18.3 Å².